The highest BCUT2D eigenvalue weighted by atomic mass is 14.7. The van der Waals surface area contributed by atoms with Crippen molar-refractivity contribution in [2.75, 3.05) is 0 Å². The highest BCUT2D eigenvalue weighted by Gasteiger charge is 2.66. The molecule has 2 unspecified atom stereocenters. The lowest BCUT2D eigenvalue weighted by Crippen LogP contribution is -2.54. The Morgan fingerprint density at radius 1 is 1.00 bits per heavy atom. The molecule has 2 bridgehead atoms. The Morgan fingerprint density at radius 3 is 1.59 bits per heavy atom. The van der Waals surface area contributed by atoms with Crippen LogP contribution in [0.25, 0.3) is 0 Å². The van der Waals surface area contributed by atoms with Crippen LogP contribution in [0.4, 0.5) is 0 Å². The molecule has 0 N–H and O–H groups in total. The fourth-order valence-corrected chi connectivity index (χ4v) is 4.83. The van der Waals surface area contributed by atoms with Gasteiger partial charge in [-0.15, -0.1) is 0 Å². The lowest BCUT2D eigenvalue weighted by molar-refractivity contribution is -0.141. The maximum Gasteiger partial charge on any atom is -0.0217 e. The third-order valence-electron chi connectivity index (χ3n) is 6.97. The number of fused-ring (bicyclic) bond motifs is 1. The lowest BCUT2D eigenvalue weighted by atomic mass is 9.41. The summed E-state index contributed by atoms with van der Waals surface area (Å²) in [4.78, 5) is 0. The topological polar surface area (TPSA) is 0 Å². The van der Waals surface area contributed by atoms with Crippen molar-refractivity contribution in [1.29, 1.82) is 0 Å². The monoisotopic (exact) mass is 234 g/mol. The maximum absolute atomic E-state index is 2.40. The molecule has 0 aromatic rings. The van der Waals surface area contributed by atoms with Crippen LogP contribution in [0, 0.1) is 34.0 Å². The van der Waals surface area contributed by atoms with E-state index in [1.165, 1.54) is 19.3 Å². The van der Waals surface area contributed by atoms with Crippen molar-refractivity contribution in [2.24, 2.45) is 34.0 Å². The largest absolute Gasteiger partial charge is 0.0622 e. The van der Waals surface area contributed by atoms with Crippen molar-refractivity contribution in [2.45, 2.75) is 73.1 Å². The second-order valence-electron chi connectivity index (χ2n) is 8.84. The van der Waals surface area contributed by atoms with Crippen molar-refractivity contribution in [3.63, 3.8) is 0 Å². The molecule has 5 fully saturated rings. The molecular weight excluding hydrogens is 204 g/mol. The molecule has 0 aliphatic heterocycles. The zero-order valence-electron chi connectivity index (χ0n) is 12.5. The molecule has 0 spiro atoms. The standard InChI is InChI=1S/C9H16.C8H14/c1-8(2,3)9-5-4-7(9)6-9;1-6(2)8-3-7(4-8)5-8/h7H,4-6H2,1-3H3;6-7H,3-5H2,1-2H3. The van der Waals surface area contributed by atoms with Gasteiger partial charge in [0.05, 0.1) is 0 Å². The molecule has 5 saturated carbocycles. The SMILES string of the molecule is CC(C)(C)C12CCC1C2.CC(C)C12CC(C1)C2. The van der Waals surface area contributed by atoms with Gasteiger partial charge in [-0.2, -0.15) is 0 Å². The third kappa shape index (κ3) is 1.55. The molecule has 0 aromatic heterocycles. The summed E-state index contributed by atoms with van der Waals surface area (Å²) in [6, 6.07) is 0. The Bertz CT molecular complexity index is 298. The van der Waals surface area contributed by atoms with Crippen LogP contribution >= 0.6 is 0 Å². The molecule has 5 aliphatic rings. The Hall–Kier alpha value is 0. The Morgan fingerprint density at radius 2 is 1.59 bits per heavy atom. The van der Waals surface area contributed by atoms with Crippen LogP contribution in [0.15, 0.2) is 0 Å². The van der Waals surface area contributed by atoms with Gasteiger partial charge in [0.2, 0.25) is 0 Å². The van der Waals surface area contributed by atoms with Gasteiger partial charge in [-0.25, -0.2) is 0 Å². The first-order valence-electron chi connectivity index (χ1n) is 7.79. The zero-order chi connectivity index (χ0) is 12.5. The third-order valence-corrected chi connectivity index (χ3v) is 6.97. The Balaban J connectivity index is 0.000000107. The van der Waals surface area contributed by atoms with Crippen molar-refractivity contribution < 1.29 is 0 Å². The Labute approximate surface area is 108 Å². The summed E-state index contributed by atoms with van der Waals surface area (Å²) in [5, 5.41) is 0. The summed E-state index contributed by atoms with van der Waals surface area (Å²) < 4.78 is 0. The van der Waals surface area contributed by atoms with E-state index in [2.05, 4.69) is 34.6 Å². The van der Waals surface area contributed by atoms with Crippen LogP contribution in [0.3, 0.4) is 0 Å². The van der Waals surface area contributed by atoms with Crippen molar-refractivity contribution >= 4 is 0 Å². The molecule has 5 aliphatic carbocycles. The lowest BCUT2D eigenvalue weighted by Gasteiger charge is -2.64. The second-order valence-corrected chi connectivity index (χ2v) is 8.84. The summed E-state index contributed by atoms with van der Waals surface area (Å²) in [6.07, 6.45) is 9.26. The van der Waals surface area contributed by atoms with E-state index in [1.807, 2.05) is 0 Å². The van der Waals surface area contributed by atoms with E-state index >= 15 is 0 Å². The zero-order valence-corrected chi connectivity index (χ0v) is 12.5. The summed E-state index contributed by atoms with van der Waals surface area (Å²) in [5.41, 5.74) is 2.30. The highest BCUT2D eigenvalue weighted by molar-refractivity contribution is 5.15. The van der Waals surface area contributed by atoms with E-state index in [9.17, 15) is 0 Å². The summed E-state index contributed by atoms with van der Waals surface area (Å²) in [5.74, 6) is 3.27. The van der Waals surface area contributed by atoms with E-state index in [1.54, 1.807) is 19.3 Å². The van der Waals surface area contributed by atoms with Gasteiger partial charge in [-0.05, 0) is 72.5 Å². The van der Waals surface area contributed by atoms with Crippen LogP contribution in [0.2, 0.25) is 0 Å². The van der Waals surface area contributed by atoms with Gasteiger partial charge in [0.25, 0.3) is 0 Å². The van der Waals surface area contributed by atoms with E-state index in [4.69, 9.17) is 0 Å². The fourth-order valence-electron chi connectivity index (χ4n) is 4.83. The van der Waals surface area contributed by atoms with E-state index in [-0.39, 0.29) is 0 Å². The van der Waals surface area contributed by atoms with Gasteiger partial charge < -0.3 is 0 Å². The van der Waals surface area contributed by atoms with Crippen LogP contribution < -0.4 is 0 Å². The number of rotatable bonds is 1. The van der Waals surface area contributed by atoms with Gasteiger partial charge in [0, 0.05) is 0 Å². The van der Waals surface area contributed by atoms with E-state index in [0.717, 1.165) is 28.6 Å². The number of hydrogen-bond acceptors (Lipinski definition) is 0. The predicted octanol–water partition coefficient (Wildman–Crippen LogP) is 5.28. The van der Waals surface area contributed by atoms with E-state index < -0.39 is 0 Å². The minimum atomic E-state index is 0.607. The van der Waals surface area contributed by atoms with Gasteiger partial charge in [0.15, 0.2) is 0 Å². The average Bonchev–Trinajstić information content (AvgIpc) is 2.44. The fraction of sp³-hybridized carbons (Fsp3) is 1.00. The molecule has 2 atom stereocenters. The van der Waals surface area contributed by atoms with Gasteiger partial charge in [-0.3, -0.25) is 0 Å². The van der Waals surface area contributed by atoms with Crippen LogP contribution in [-0.4, -0.2) is 0 Å². The summed E-state index contributed by atoms with van der Waals surface area (Å²) >= 11 is 0. The van der Waals surface area contributed by atoms with Crippen LogP contribution in [0.1, 0.15) is 73.1 Å². The molecular formula is C17H30. The van der Waals surface area contributed by atoms with Gasteiger partial charge in [-0.1, -0.05) is 34.6 Å². The molecule has 0 saturated heterocycles. The average molecular weight is 234 g/mol. The first-order valence-corrected chi connectivity index (χ1v) is 7.79. The number of hydrogen-bond donors (Lipinski definition) is 0. The predicted molar refractivity (Wildman–Crippen MR) is 73.8 cm³/mol. The minimum absolute atomic E-state index is 0.607. The minimum Gasteiger partial charge on any atom is -0.0622 e. The van der Waals surface area contributed by atoms with E-state index in [0.29, 0.717) is 5.41 Å². The normalized spacial score (nSPS) is 49.1. The molecule has 0 radical (unpaired) electrons. The van der Waals surface area contributed by atoms with Crippen molar-refractivity contribution in [3.8, 4) is 0 Å². The Kier molecular flexibility index (Phi) is 2.34. The maximum atomic E-state index is 2.40. The second kappa shape index (κ2) is 3.31. The molecule has 98 valence electrons. The molecule has 0 heteroatoms. The highest BCUT2D eigenvalue weighted by Crippen LogP contribution is 2.75. The summed E-state index contributed by atoms with van der Waals surface area (Å²) in [7, 11) is 0. The molecule has 0 heterocycles. The quantitative estimate of drug-likeness (QED) is 0.579. The molecule has 17 heavy (non-hydrogen) atoms. The summed E-state index contributed by atoms with van der Waals surface area (Å²) in [6.45, 7) is 11.9. The first kappa shape index (κ1) is 12.1. The molecule has 0 aromatic carbocycles. The molecule has 0 amide bonds. The van der Waals surface area contributed by atoms with Crippen LogP contribution in [-0.2, 0) is 0 Å². The van der Waals surface area contributed by atoms with Gasteiger partial charge >= 0.3 is 0 Å². The molecule has 5 rings (SSSR count). The molecule has 0 nitrogen and oxygen atoms in total. The van der Waals surface area contributed by atoms with Crippen molar-refractivity contribution in [3.05, 3.63) is 0 Å². The smallest absolute Gasteiger partial charge is 0.0217 e. The first-order chi connectivity index (χ1) is 7.79. The van der Waals surface area contributed by atoms with Crippen LogP contribution in [0.5, 0.6) is 0 Å². The van der Waals surface area contributed by atoms with Crippen molar-refractivity contribution in [1.82, 2.24) is 0 Å². The van der Waals surface area contributed by atoms with Gasteiger partial charge in [0.1, 0.15) is 0 Å².